The molecule has 0 radical (unpaired) electrons. The van der Waals surface area contributed by atoms with Crippen LogP contribution in [0.3, 0.4) is 0 Å². The Morgan fingerprint density at radius 3 is 2.33 bits per heavy atom. The van der Waals surface area contributed by atoms with Crippen LogP contribution in [0.15, 0.2) is 0 Å². The summed E-state index contributed by atoms with van der Waals surface area (Å²) in [5.74, 6) is 0. The Kier molecular flexibility index (Phi) is 11.7. The number of nitrogens with zero attached hydrogens (tertiary/aromatic N) is 1. The Morgan fingerprint density at radius 2 is 2.22 bits per heavy atom. The lowest BCUT2D eigenvalue weighted by atomic mass is 11.1. The Balaban J connectivity index is 0. The fourth-order valence-electron chi connectivity index (χ4n) is 0.0967. The van der Waals surface area contributed by atoms with Crippen molar-refractivity contribution in [2.24, 2.45) is 0 Å². The third kappa shape index (κ3) is 10.8. The first-order valence-corrected chi connectivity index (χ1v) is 1.99. The molecule has 0 saturated heterocycles. The molecule has 0 spiro atoms. The Labute approximate surface area is 52.9 Å². The van der Waals surface area contributed by atoms with Gasteiger partial charge in [0.1, 0.15) is 0 Å². The SMILES string of the molecule is CO.COC(=O)NC#N. The summed E-state index contributed by atoms with van der Waals surface area (Å²) in [6, 6.07) is 0. The second-order valence-corrected chi connectivity index (χ2v) is 0.728. The van der Waals surface area contributed by atoms with Gasteiger partial charge in [0.2, 0.25) is 0 Å². The third-order valence-corrected chi connectivity index (χ3v) is 0.343. The molecule has 0 aliphatic rings. The number of aliphatic hydroxyl groups excluding tert-OH is 1. The Morgan fingerprint density at radius 1 is 1.78 bits per heavy atom. The number of alkyl carbamates (subject to hydrolysis) is 1. The highest BCUT2D eigenvalue weighted by Gasteiger charge is 1.90. The summed E-state index contributed by atoms with van der Waals surface area (Å²) < 4.78 is 4.02. The molecule has 0 bridgehead atoms. The van der Waals surface area contributed by atoms with E-state index in [-0.39, 0.29) is 0 Å². The first-order valence-electron chi connectivity index (χ1n) is 1.99. The number of rotatable bonds is 0. The summed E-state index contributed by atoms with van der Waals surface area (Å²) in [5, 5.41) is 16.4. The number of carbonyl (C=O) groups is 1. The first-order chi connectivity index (χ1) is 4.31. The maximum absolute atomic E-state index is 9.86. The molecule has 0 aromatic rings. The summed E-state index contributed by atoms with van der Waals surface area (Å²) in [5.41, 5.74) is 0. The number of amides is 1. The molecule has 0 saturated carbocycles. The molecule has 2 N–H and O–H groups in total. The summed E-state index contributed by atoms with van der Waals surface area (Å²) in [6.45, 7) is 0. The molecule has 0 unspecified atom stereocenters. The number of nitriles is 1. The van der Waals surface area contributed by atoms with Crippen molar-refractivity contribution in [2.75, 3.05) is 14.2 Å². The second-order valence-electron chi connectivity index (χ2n) is 0.728. The quantitative estimate of drug-likeness (QED) is 0.341. The molecule has 0 aromatic heterocycles. The number of aliphatic hydroxyl groups is 1. The van der Waals surface area contributed by atoms with Crippen LogP contribution in [0.25, 0.3) is 0 Å². The van der Waals surface area contributed by atoms with Crippen LogP contribution >= 0.6 is 0 Å². The van der Waals surface area contributed by atoms with Crippen molar-refractivity contribution in [2.45, 2.75) is 0 Å². The lowest BCUT2D eigenvalue weighted by Gasteiger charge is -1.88. The van der Waals surface area contributed by atoms with Gasteiger partial charge in [-0.25, -0.2) is 10.1 Å². The van der Waals surface area contributed by atoms with Crippen molar-refractivity contribution in [3.63, 3.8) is 0 Å². The number of methoxy groups -OCH3 is 1. The molecular formula is C4H8N2O3. The van der Waals surface area contributed by atoms with E-state index in [0.29, 0.717) is 0 Å². The summed E-state index contributed by atoms with van der Waals surface area (Å²) >= 11 is 0. The zero-order chi connectivity index (χ0) is 7.70. The van der Waals surface area contributed by atoms with Gasteiger partial charge in [0.25, 0.3) is 0 Å². The molecule has 0 aliphatic heterocycles. The summed E-state index contributed by atoms with van der Waals surface area (Å²) in [7, 11) is 2.19. The minimum Gasteiger partial charge on any atom is -0.452 e. The van der Waals surface area contributed by atoms with Crippen molar-refractivity contribution in [1.29, 1.82) is 5.26 Å². The van der Waals surface area contributed by atoms with E-state index in [9.17, 15) is 4.79 Å². The molecule has 0 fully saturated rings. The van der Waals surface area contributed by atoms with Gasteiger partial charge in [0.15, 0.2) is 6.19 Å². The van der Waals surface area contributed by atoms with E-state index in [4.69, 9.17) is 10.4 Å². The largest absolute Gasteiger partial charge is 0.452 e. The molecule has 5 heteroatoms. The van der Waals surface area contributed by atoms with Gasteiger partial charge in [-0.2, -0.15) is 5.26 Å². The summed E-state index contributed by atoms with van der Waals surface area (Å²) in [6.07, 6.45) is 0.660. The minimum atomic E-state index is -0.734. The highest BCUT2D eigenvalue weighted by Crippen LogP contribution is 1.64. The van der Waals surface area contributed by atoms with E-state index in [1.54, 1.807) is 5.32 Å². The standard InChI is InChI=1S/C3H4N2O2.CH4O/c1-7-3(6)5-2-4;1-2/h1H3,(H,5,6);2H,1H3. The van der Waals surface area contributed by atoms with Crippen LogP contribution in [0.1, 0.15) is 0 Å². The molecule has 0 rings (SSSR count). The first kappa shape index (κ1) is 10.7. The zero-order valence-corrected chi connectivity index (χ0v) is 5.21. The van der Waals surface area contributed by atoms with Crippen LogP contribution in [0, 0.1) is 11.5 Å². The number of ether oxygens (including phenoxy) is 1. The second kappa shape index (κ2) is 9.87. The van der Waals surface area contributed by atoms with Crippen molar-refractivity contribution < 1.29 is 14.6 Å². The van der Waals surface area contributed by atoms with Crippen LogP contribution in [-0.2, 0) is 4.74 Å². The van der Waals surface area contributed by atoms with E-state index in [0.717, 1.165) is 7.11 Å². The normalized spacial score (nSPS) is 5.56. The van der Waals surface area contributed by atoms with E-state index in [1.165, 1.54) is 13.3 Å². The molecule has 0 heterocycles. The number of hydrogen-bond donors (Lipinski definition) is 2. The van der Waals surface area contributed by atoms with Crippen LogP contribution in [0.5, 0.6) is 0 Å². The van der Waals surface area contributed by atoms with E-state index in [1.807, 2.05) is 0 Å². The van der Waals surface area contributed by atoms with Gasteiger partial charge in [-0.3, -0.25) is 0 Å². The van der Waals surface area contributed by atoms with Crippen LogP contribution in [-0.4, -0.2) is 25.4 Å². The van der Waals surface area contributed by atoms with Crippen molar-refractivity contribution in [3.8, 4) is 6.19 Å². The molecule has 0 aromatic carbocycles. The number of carbonyl (C=O) groups excluding carboxylic acids is 1. The molecule has 1 amide bonds. The van der Waals surface area contributed by atoms with Gasteiger partial charge in [-0.05, 0) is 0 Å². The Bertz CT molecular complexity index is 107. The van der Waals surface area contributed by atoms with Gasteiger partial charge < -0.3 is 9.84 Å². The maximum Gasteiger partial charge on any atom is 0.420 e. The average Bonchev–Trinajstić information content (AvgIpc) is 1.93. The fraction of sp³-hybridized carbons (Fsp3) is 0.500. The predicted molar refractivity (Wildman–Crippen MR) is 29.3 cm³/mol. The van der Waals surface area contributed by atoms with Crippen LogP contribution in [0.2, 0.25) is 0 Å². The van der Waals surface area contributed by atoms with Crippen molar-refractivity contribution in [3.05, 3.63) is 0 Å². The lowest BCUT2D eigenvalue weighted by molar-refractivity contribution is 0.176. The fourth-order valence-corrected chi connectivity index (χ4v) is 0.0967. The molecular weight excluding hydrogens is 124 g/mol. The molecule has 9 heavy (non-hydrogen) atoms. The topological polar surface area (TPSA) is 82.3 Å². The van der Waals surface area contributed by atoms with E-state index in [2.05, 4.69) is 4.74 Å². The maximum atomic E-state index is 9.86. The highest BCUT2D eigenvalue weighted by molar-refractivity contribution is 5.68. The van der Waals surface area contributed by atoms with Gasteiger partial charge in [-0.1, -0.05) is 0 Å². The Hall–Kier alpha value is -1.28. The smallest absolute Gasteiger partial charge is 0.420 e. The summed E-state index contributed by atoms with van der Waals surface area (Å²) in [4.78, 5) is 9.86. The highest BCUT2D eigenvalue weighted by atomic mass is 16.5. The molecule has 5 nitrogen and oxygen atoms in total. The van der Waals surface area contributed by atoms with Crippen LogP contribution < -0.4 is 5.32 Å². The van der Waals surface area contributed by atoms with E-state index < -0.39 is 6.09 Å². The minimum absolute atomic E-state index is 0.734. The lowest BCUT2D eigenvalue weighted by Crippen LogP contribution is -2.16. The zero-order valence-electron chi connectivity index (χ0n) is 5.21. The van der Waals surface area contributed by atoms with E-state index >= 15 is 0 Å². The average molecular weight is 132 g/mol. The molecule has 0 atom stereocenters. The monoisotopic (exact) mass is 132 g/mol. The van der Waals surface area contributed by atoms with Crippen LogP contribution in [0.4, 0.5) is 4.79 Å². The van der Waals surface area contributed by atoms with Gasteiger partial charge in [0, 0.05) is 7.11 Å². The van der Waals surface area contributed by atoms with Gasteiger partial charge in [0.05, 0.1) is 7.11 Å². The van der Waals surface area contributed by atoms with Crippen molar-refractivity contribution in [1.82, 2.24) is 5.32 Å². The number of nitrogens with one attached hydrogen (secondary N) is 1. The number of hydrogen-bond acceptors (Lipinski definition) is 4. The van der Waals surface area contributed by atoms with Gasteiger partial charge >= 0.3 is 6.09 Å². The van der Waals surface area contributed by atoms with Crippen molar-refractivity contribution >= 4 is 6.09 Å². The van der Waals surface area contributed by atoms with Gasteiger partial charge in [-0.15, -0.1) is 0 Å². The molecule has 52 valence electrons. The predicted octanol–water partition coefficient (Wildman–Crippen LogP) is -0.568. The third-order valence-electron chi connectivity index (χ3n) is 0.343. The molecule has 0 aliphatic carbocycles.